The molecule has 2 aromatic rings. The van der Waals surface area contributed by atoms with Crippen LogP contribution in [0.1, 0.15) is 6.42 Å². The molecule has 2 N–H and O–H groups in total. The van der Waals surface area contributed by atoms with Gasteiger partial charge in [-0.1, -0.05) is 23.4 Å². The predicted molar refractivity (Wildman–Crippen MR) is 97.7 cm³/mol. The molecule has 2 aromatic carbocycles. The Balaban J connectivity index is 1.59. The largest absolute Gasteiger partial charge is 0.326 e. The van der Waals surface area contributed by atoms with Crippen molar-refractivity contribution in [1.29, 1.82) is 0 Å². The summed E-state index contributed by atoms with van der Waals surface area (Å²) in [5, 5.41) is 5.76. The molecule has 128 valence electrons. The van der Waals surface area contributed by atoms with Crippen LogP contribution in [0.5, 0.6) is 0 Å². The number of thioether (sulfide) groups is 1. The molecule has 2 amide bonds. The molecule has 1 aliphatic heterocycles. The number of benzene rings is 2. The summed E-state index contributed by atoms with van der Waals surface area (Å²) in [6.07, 6.45) is -0.00643. The first kappa shape index (κ1) is 17.4. The van der Waals surface area contributed by atoms with E-state index >= 15 is 0 Å². The van der Waals surface area contributed by atoms with Crippen LogP contribution in [0, 0.1) is 5.82 Å². The molecule has 1 saturated heterocycles. The number of nitrogens with one attached hydrogen (secondary N) is 2. The van der Waals surface area contributed by atoms with Crippen molar-refractivity contribution in [2.45, 2.75) is 11.7 Å². The molecule has 1 fully saturated rings. The van der Waals surface area contributed by atoms with Gasteiger partial charge in [0.2, 0.25) is 11.8 Å². The van der Waals surface area contributed by atoms with E-state index in [-0.39, 0.29) is 24.1 Å². The second kappa shape index (κ2) is 7.67. The minimum Gasteiger partial charge on any atom is -0.326 e. The smallest absolute Gasteiger partial charge is 0.240 e. The first-order chi connectivity index (χ1) is 12.0. The molecule has 1 aliphatic rings. The normalized spacial score (nSPS) is 18.2. The highest BCUT2D eigenvalue weighted by Crippen LogP contribution is 2.26. The molecule has 8 heteroatoms. The molecular formula is C17H13ClFN3O2S. The summed E-state index contributed by atoms with van der Waals surface area (Å²) in [4.78, 5) is 28.4. The summed E-state index contributed by atoms with van der Waals surface area (Å²) in [5.41, 5.74) is 1.13. The molecule has 0 spiro atoms. The molecule has 0 aromatic heterocycles. The Morgan fingerprint density at radius 2 is 1.88 bits per heavy atom. The van der Waals surface area contributed by atoms with Crippen molar-refractivity contribution in [2.75, 3.05) is 5.32 Å². The van der Waals surface area contributed by atoms with Crippen molar-refractivity contribution in [1.82, 2.24) is 5.32 Å². The third-order valence-corrected chi connectivity index (χ3v) is 4.67. The Hall–Kier alpha value is -2.38. The summed E-state index contributed by atoms with van der Waals surface area (Å²) in [6.45, 7) is 0. The van der Waals surface area contributed by atoms with E-state index in [9.17, 15) is 14.0 Å². The maximum atomic E-state index is 12.9. The van der Waals surface area contributed by atoms with Crippen molar-refractivity contribution >= 4 is 51.7 Å². The Morgan fingerprint density at radius 3 is 2.56 bits per heavy atom. The molecule has 0 bridgehead atoms. The van der Waals surface area contributed by atoms with Crippen molar-refractivity contribution in [3.8, 4) is 0 Å². The zero-order chi connectivity index (χ0) is 17.8. The minimum absolute atomic E-state index is 0.00643. The Morgan fingerprint density at radius 1 is 1.20 bits per heavy atom. The van der Waals surface area contributed by atoms with Crippen LogP contribution in [-0.4, -0.2) is 22.2 Å². The third-order valence-electron chi connectivity index (χ3n) is 3.33. The molecule has 1 atom stereocenters. The number of hydrogen-bond acceptors (Lipinski definition) is 4. The van der Waals surface area contributed by atoms with Gasteiger partial charge in [0.15, 0.2) is 5.17 Å². The Bertz CT molecular complexity index is 825. The summed E-state index contributed by atoms with van der Waals surface area (Å²) in [5.74, 6) is -0.981. The van der Waals surface area contributed by atoms with Crippen molar-refractivity contribution in [2.24, 2.45) is 4.99 Å². The van der Waals surface area contributed by atoms with E-state index in [2.05, 4.69) is 15.6 Å². The second-order valence-electron chi connectivity index (χ2n) is 5.25. The zero-order valence-electron chi connectivity index (χ0n) is 12.8. The molecule has 0 radical (unpaired) electrons. The first-order valence-electron chi connectivity index (χ1n) is 7.37. The lowest BCUT2D eigenvalue weighted by Crippen LogP contribution is -2.28. The monoisotopic (exact) mass is 377 g/mol. The van der Waals surface area contributed by atoms with Gasteiger partial charge in [-0.2, -0.15) is 0 Å². The predicted octanol–water partition coefficient (Wildman–Crippen LogP) is 3.73. The van der Waals surface area contributed by atoms with E-state index in [1.807, 2.05) is 0 Å². The number of nitrogens with zero attached hydrogens (tertiary/aromatic N) is 1. The maximum Gasteiger partial charge on any atom is 0.240 e. The molecule has 0 aliphatic carbocycles. The topological polar surface area (TPSA) is 70.6 Å². The summed E-state index contributed by atoms with van der Waals surface area (Å²) >= 11 is 7.01. The molecule has 5 nitrogen and oxygen atoms in total. The lowest BCUT2D eigenvalue weighted by atomic mass is 10.2. The average molecular weight is 378 g/mol. The van der Waals surface area contributed by atoms with E-state index in [4.69, 9.17) is 11.6 Å². The minimum atomic E-state index is -0.563. The summed E-state index contributed by atoms with van der Waals surface area (Å²) in [7, 11) is 0. The fourth-order valence-electron chi connectivity index (χ4n) is 2.14. The molecule has 3 rings (SSSR count). The van der Waals surface area contributed by atoms with Crippen LogP contribution in [-0.2, 0) is 9.59 Å². The van der Waals surface area contributed by atoms with Gasteiger partial charge in [-0.15, -0.1) is 0 Å². The fourth-order valence-corrected chi connectivity index (χ4v) is 3.25. The van der Waals surface area contributed by atoms with Crippen LogP contribution in [0.2, 0.25) is 5.02 Å². The average Bonchev–Trinajstić information content (AvgIpc) is 2.91. The second-order valence-corrected chi connectivity index (χ2v) is 6.88. The van der Waals surface area contributed by atoms with E-state index in [1.54, 1.807) is 24.3 Å². The van der Waals surface area contributed by atoms with Crippen LogP contribution >= 0.6 is 23.4 Å². The zero-order valence-corrected chi connectivity index (χ0v) is 14.4. The first-order valence-corrected chi connectivity index (χ1v) is 8.62. The van der Waals surface area contributed by atoms with Gasteiger partial charge in [0, 0.05) is 17.1 Å². The van der Waals surface area contributed by atoms with Crippen LogP contribution < -0.4 is 10.6 Å². The van der Waals surface area contributed by atoms with Crippen molar-refractivity contribution < 1.29 is 14.0 Å². The van der Waals surface area contributed by atoms with Gasteiger partial charge < -0.3 is 10.6 Å². The number of hydrogen-bond donors (Lipinski definition) is 2. The van der Waals surface area contributed by atoms with Crippen molar-refractivity contribution in [3.05, 3.63) is 59.4 Å². The number of carbonyl (C=O) groups excluding carboxylic acids is 2. The molecule has 25 heavy (non-hydrogen) atoms. The summed E-state index contributed by atoms with van der Waals surface area (Å²) < 4.78 is 12.9. The van der Waals surface area contributed by atoms with Gasteiger partial charge in [-0.3, -0.25) is 9.59 Å². The molecule has 0 saturated carbocycles. The molecular weight excluding hydrogens is 365 g/mol. The van der Waals surface area contributed by atoms with E-state index in [0.717, 1.165) is 0 Å². The van der Waals surface area contributed by atoms with Crippen LogP contribution in [0.4, 0.5) is 15.8 Å². The maximum absolute atomic E-state index is 12.9. The van der Waals surface area contributed by atoms with Crippen LogP contribution in [0.25, 0.3) is 0 Å². The van der Waals surface area contributed by atoms with Gasteiger partial charge in [0.25, 0.3) is 0 Å². The number of amides is 2. The van der Waals surface area contributed by atoms with Gasteiger partial charge in [0.05, 0.1) is 5.69 Å². The number of carbonyl (C=O) groups is 2. The van der Waals surface area contributed by atoms with E-state index in [1.165, 1.54) is 36.0 Å². The Kier molecular flexibility index (Phi) is 5.35. The highest BCUT2D eigenvalue weighted by atomic mass is 35.5. The number of amidine groups is 1. The third kappa shape index (κ3) is 4.80. The van der Waals surface area contributed by atoms with Gasteiger partial charge in [-0.25, -0.2) is 9.38 Å². The number of aliphatic imine (C=N–C) groups is 1. The SMILES string of the molecule is O=C(C[C@@H]1SC(=Nc2ccc(Cl)cc2)NC1=O)Nc1ccc(F)cc1. The van der Waals surface area contributed by atoms with Crippen LogP contribution in [0.3, 0.4) is 0 Å². The lowest BCUT2D eigenvalue weighted by molar-refractivity contribution is -0.122. The molecule has 1 heterocycles. The molecule has 0 unspecified atom stereocenters. The number of halogens is 2. The Labute approximate surface area is 152 Å². The highest BCUT2D eigenvalue weighted by Gasteiger charge is 2.32. The van der Waals surface area contributed by atoms with Crippen molar-refractivity contribution in [3.63, 3.8) is 0 Å². The number of anilines is 1. The van der Waals surface area contributed by atoms with Gasteiger partial charge >= 0.3 is 0 Å². The quantitative estimate of drug-likeness (QED) is 0.852. The fraction of sp³-hybridized carbons (Fsp3) is 0.118. The lowest BCUT2D eigenvalue weighted by Gasteiger charge is -2.07. The standard InChI is InChI=1S/C17H13ClFN3O2S/c18-10-1-5-13(6-2-10)21-17-22-16(24)14(25-17)9-15(23)20-12-7-3-11(19)4-8-12/h1-8,14H,9H2,(H,20,23)(H,21,22,24)/t14-/m0/s1. The van der Waals surface area contributed by atoms with Crippen LogP contribution in [0.15, 0.2) is 53.5 Å². The van der Waals surface area contributed by atoms with Gasteiger partial charge in [-0.05, 0) is 48.5 Å². The van der Waals surface area contributed by atoms with Gasteiger partial charge in [0.1, 0.15) is 11.1 Å². The van der Waals surface area contributed by atoms with E-state index < -0.39 is 5.25 Å². The number of rotatable bonds is 4. The highest BCUT2D eigenvalue weighted by molar-refractivity contribution is 8.15. The summed E-state index contributed by atoms with van der Waals surface area (Å²) in [6, 6.07) is 12.3. The van der Waals surface area contributed by atoms with E-state index in [0.29, 0.717) is 21.6 Å².